The highest BCUT2D eigenvalue weighted by Gasteiger charge is 2.36. The molecule has 1 aliphatic heterocycles. The van der Waals surface area contributed by atoms with Crippen molar-refractivity contribution in [3.8, 4) is 5.75 Å². The Bertz CT molecular complexity index is 1160. The number of nitrogens with zero attached hydrogens (tertiary/aromatic N) is 1. The molecule has 1 aliphatic rings. The summed E-state index contributed by atoms with van der Waals surface area (Å²) in [6.45, 7) is 0.369. The summed E-state index contributed by atoms with van der Waals surface area (Å²) in [5.41, 5.74) is 1.57. The molecule has 1 saturated heterocycles. The van der Waals surface area contributed by atoms with Crippen LogP contribution in [0.25, 0.3) is 6.08 Å². The van der Waals surface area contributed by atoms with Crippen LogP contribution in [0.1, 0.15) is 16.9 Å². The van der Waals surface area contributed by atoms with Gasteiger partial charge in [-0.2, -0.15) is 0 Å². The third-order valence-electron chi connectivity index (χ3n) is 4.58. The Morgan fingerprint density at radius 2 is 1.84 bits per heavy atom. The lowest BCUT2D eigenvalue weighted by atomic mass is 10.1. The average Bonchev–Trinajstić information content (AvgIpc) is 3.27. The lowest BCUT2D eigenvalue weighted by molar-refractivity contribution is -0.130. The van der Waals surface area contributed by atoms with Crippen molar-refractivity contribution in [2.75, 3.05) is 0 Å². The van der Waals surface area contributed by atoms with Crippen molar-refractivity contribution in [1.82, 2.24) is 10.2 Å². The number of halogens is 1. The molecule has 0 radical (unpaired) electrons. The highest BCUT2D eigenvalue weighted by atomic mass is 127. The molecule has 0 aliphatic carbocycles. The molecule has 0 atom stereocenters. The molecular weight excluding hydrogens is 511 g/mol. The van der Waals surface area contributed by atoms with Crippen molar-refractivity contribution in [2.45, 2.75) is 13.2 Å². The molecule has 2 aromatic carbocycles. The third-order valence-corrected chi connectivity index (χ3v) is 5.43. The minimum atomic E-state index is -0.775. The monoisotopic (exact) mass is 528 g/mol. The molecule has 8 heteroatoms. The molecule has 1 N–H and O–H groups in total. The molecule has 0 spiro atoms. The summed E-state index contributed by atoms with van der Waals surface area (Å²) in [4.78, 5) is 38.1. The molecule has 156 valence electrons. The second kappa shape index (κ2) is 9.17. The van der Waals surface area contributed by atoms with Gasteiger partial charge in [-0.25, -0.2) is 4.79 Å². The Balaban J connectivity index is 1.52. The summed E-state index contributed by atoms with van der Waals surface area (Å²) < 4.78 is 11.9. The summed E-state index contributed by atoms with van der Waals surface area (Å²) >= 11 is 2.14. The molecule has 0 unspecified atom stereocenters. The van der Waals surface area contributed by atoms with Crippen LogP contribution in [0, 0.1) is 3.57 Å². The average molecular weight is 528 g/mol. The Kier molecular flexibility index (Phi) is 6.17. The van der Waals surface area contributed by atoms with Crippen molar-refractivity contribution < 1.29 is 23.5 Å². The maximum absolute atomic E-state index is 12.8. The maximum Gasteiger partial charge on any atom is 0.331 e. The van der Waals surface area contributed by atoms with E-state index in [1.807, 2.05) is 36.4 Å². The summed E-state index contributed by atoms with van der Waals surface area (Å²) in [5.74, 6) is -0.276. The van der Waals surface area contributed by atoms with Crippen LogP contribution in [-0.2, 0) is 22.7 Å². The van der Waals surface area contributed by atoms with Gasteiger partial charge in [0.25, 0.3) is 11.8 Å². The first-order valence-corrected chi connectivity index (χ1v) is 10.5. The Morgan fingerprint density at radius 1 is 1.03 bits per heavy atom. The van der Waals surface area contributed by atoms with E-state index in [-0.39, 0.29) is 12.1 Å². The van der Waals surface area contributed by atoms with E-state index in [9.17, 15) is 14.4 Å². The zero-order chi connectivity index (χ0) is 21.8. The molecule has 1 fully saturated rings. The van der Waals surface area contributed by atoms with Gasteiger partial charge in [0.15, 0.2) is 0 Å². The largest absolute Gasteiger partial charge is 0.488 e. The molecule has 0 bridgehead atoms. The fraction of sp³-hybridized carbons (Fsp3) is 0.0870. The summed E-state index contributed by atoms with van der Waals surface area (Å²) in [7, 11) is 0. The summed E-state index contributed by atoms with van der Waals surface area (Å²) in [6, 6.07) is 17.7. The molecule has 31 heavy (non-hydrogen) atoms. The third kappa shape index (κ3) is 4.85. The van der Waals surface area contributed by atoms with E-state index in [1.165, 1.54) is 12.3 Å². The van der Waals surface area contributed by atoms with Gasteiger partial charge in [0.1, 0.15) is 23.7 Å². The molecule has 4 amide bonds. The van der Waals surface area contributed by atoms with E-state index < -0.39 is 17.8 Å². The smallest absolute Gasteiger partial charge is 0.331 e. The number of amides is 4. The second-order valence-electron chi connectivity index (χ2n) is 6.75. The highest BCUT2D eigenvalue weighted by Crippen LogP contribution is 2.25. The minimum absolute atomic E-state index is 0.0634. The van der Waals surface area contributed by atoms with Crippen LogP contribution in [0.5, 0.6) is 5.75 Å². The maximum atomic E-state index is 12.8. The SMILES string of the molecule is O=C1NC(=O)N(Cc2ccco2)C(=O)/C1=C/c1ccc(OCc2ccccc2)c(I)c1. The number of rotatable bonds is 6. The minimum Gasteiger partial charge on any atom is -0.488 e. The van der Waals surface area contributed by atoms with E-state index >= 15 is 0 Å². The number of ether oxygens (including phenoxy) is 1. The van der Waals surface area contributed by atoms with Gasteiger partial charge in [-0.05, 0) is 64.1 Å². The number of imide groups is 2. The van der Waals surface area contributed by atoms with E-state index in [0.29, 0.717) is 23.7 Å². The number of carbonyl (C=O) groups excluding carboxylic acids is 3. The van der Waals surface area contributed by atoms with Crippen LogP contribution in [0.15, 0.2) is 76.9 Å². The predicted molar refractivity (Wildman–Crippen MR) is 121 cm³/mol. The number of carbonyl (C=O) groups is 3. The zero-order valence-corrected chi connectivity index (χ0v) is 18.4. The van der Waals surface area contributed by atoms with Gasteiger partial charge >= 0.3 is 6.03 Å². The van der Waals surface area contributed by atoms with Gasteiger partial charge in [0, 0.05) is 0 Å². The van der Waals surface area contributed by atoms with Crippen molar-refractivity contribution in [1.29, 1.82) is 0 Å². The first kappa shape index (κ1) is 20.9. The van der Waals surface area contributed by atoms with Crippen LogP contribution in [-0.4, -0.2) is 22.7 Å². The lowest BCUT2D eigenvalue weighted by Gasteiger charge is -2.25. The van der Waals surface area contributed by atoms with Crippen LogP contribution in [0.2, 0.25) is 0 Å². The quantitative estimate of drug-likeness (QED) is 0.296. The fourth-order valence-corrected chi connectivity index (χ4v) is 3.72. The van der Waals surface area contributed by atoms with Crippen LogP contribution >= 0.6 is 22.6 Å². The number of urea groups is 1. The molecule has 0 saturated carbocycles. The van der Waals surface area contributed by atoms with E-state index in [4.69, 9.17) is 9.15 Å². The highest BCUT2D eigenvalue weighted by molar-refractivity contribution is 14.1. The number of benzene rings is 2. The van der Waals surface area contributed by atoms with Gasteiger partial charge < -0.3 is 9.15 Å². The van der Waals surface area contributed by atoms with Gasteiger partial charge in [-0.1, -0.05) is 36.4 Å². The van der Waals surface area contributed by atoms with Gasteiger partial charge in [-0.3, -0.25) is 19.8 Å². The van der Waals surface area contributed by atoms with Crippen molar-refractivity contribution >= 4 is 46.5 Å². The Morgan fingerprint density at radius 3 is 2.55 bits per heavy atom. The van der Waals surface area contributed by atoms with Gasteiger partial charge in [-0.15, -0.1) is 0 Å². The number of hydrogen-bond donors (Lipinski definition) is 1. The Labute approximate surface area is 191 Å². The number of barbiturate groups is 1. The van der Waals surface area contributed by atoms with Gasteiger partial charge in [0.05, 0.1) is 16.4 Å². The summed E-state index contributed by atoms with van der Waals surface area (Å²) in [6.07, 6.45) is 2.91. The molecule has 1 aromatic heterocycles. The van der Waals surface area contributed by atoms with Crippen LogP contribution in [0.3, 0.4) is 0 Å². The number of hydrogen-bond acceptors (Lipinski definition) is 5. The standard InChI is InChI=1S/C23H17IN2O5/c24-19-12-16(8-9-20(19)31-14-15-5-2-1-3-6-15)11-18-21(27)25-23(29)26(22(18)28)13-17-7-4-10-30-17/h1-12H,13-14H2,(H,25,27,29)/b18-11+. The normalized spacial score (nSPS) is 15.3. The number of furan rings is 1. The molecule has 7 nitrogen and oxygen atoms in total. The van der Waals surface area contributed by atoms with Crippen LogP contribution < -0.4 is 10.1 Å². The Hall–Kier alpha value is -3.40. The van der Waals surface area contributed by atoms with E-state index in [2.05, 4.69) is 27.9 Å². The lowest BCUT2D eigenvalue weighted by Crippen LogP contribution is -2.53. The predicted octanol–water partition coefficient (Wildman–Crippen LogP) is 4.13. The number of nitrogens with one attached hydrogen (secondary N) is 1. The first-order valence-electron chi connectivity index (χ1n) is 9.39. The molecular formula is C23H17IN2O5. The van der Waals surface area contributed by atoms with E-state index in [1.54, 1.807) is 24.3 Å². The van der Waals surface area contributed by atoms with Gasteiger partial charge in [0.2, 0.25) is 0 Å². The van der Waals surface area contributed by atoms with Crippen molar-refractivity contribution in [3.63, 3.8) is 0 Å². The molecule has 3 aromatic rings. The molecule has 4 rings (SSSR count). The van der Waals surface area contributed by atoms with Crippen molar-refractivity contribution in [3.05, 3.63) is 93.0 Å². The van der Waals surface area contributed by atoms with E-state index in [0.717, 1.165) is 14.0 Å². The van der Waals surface area contributed by atoms with Crippen LogP contribution in [0.4, 0.5) is 4.79 Å². The first-order chi connectivity index (χ1) is 15.0. The molecule has 2 heterocycles. The second-order valence-corrected chi connectivity index (χ2v) is 7.91. The fourth-order valence-electron chi connectivity index (χ4n) is 3.02. The zero-order valence-electron chi connectivity index (χ0n) is 16.2. The van der Waals surface area contributed by atoms with Crippen molar-refractivity contribution in [2.24, 2.45) is 0 Å². The topological polar surface area (TPSA) is 88.9 Å². The summed E-state index contributed by atoms with van der Waals surface area (Å²) in [5, 5.41) is 2.20.